The first kappa shape index (κ1) is 22.4. The summed E-state index contributed by atoms with van der Waals surface area (Å²) in [6, 6.07) is 26.2. The van der Waals surface area contributed by atoms with Crippen molar-refractivity contribution in [2.45, 2.75) is 30.7 Å². The smallest absolute Gasteiger partial charge is 0.237 e. The van der Waals surface area contributed by atoms with E-state index in [2.05, 4.69) is 68.2 Å². The zero-order valence-corrected chi connectivity index (χ0v) is 20.1. The molecule has 3 aromatic carbocycles. The van der Waals surface area contributed by atoms with Gasteiger partial charge in [-0.25, -0.2) is 0 Å². The normalized spacial score (nSPS) is 11.1. The second-order valence-electron chi connectivity index (χ2n) is 7.72. The molecule has 0 amide bonds. The van der Waals surface area contributed by atoms with Crippen LogP contribution in [0.4, 0.5) is 0 Å². The Morgan fingerprint density at radius 3 is 2.38 bits per heavy atom. The molecule has 2 aromatic heterocycles. The van der Waals surface area contributed by atoms with Gasteiger partial charge in [0.05, 0.1) is 5.75 Å². The molecule has 0 bridgehead atoms. The predicted molar refractivity (Wildman–Crippen MR) is 134 cm³/mol. The highest BCUT2D eigenvalue weighted by molar-refractivity contribution is 7.98. The van der Waals surface area contributed by atoms with Crippen LogP contribution < -0.4 is 0 Å². The number of rotatable bonds is 8. The van der Waals surface area contributed by atoms with Gasteiger partial charge >= 0.3 is 0 Å². The van der Waals surface area contributed by atoms with Crippen molar-refractivity contribution in [3.8, 4) is 17.1 Å². The number of thioether (sulfide) groups is 1. The van der Waals surface area contributed by atoms with E-state index in [1.165, 1.54) is 22.9 Å². The number of hydrogen-bond acceptors (Lipinski definition) is 6. The van der Waals surface area contributed by atoms with Crippen LogP contribution in [0.5, 0.6) is 0 Å². The van der Waals surface area contributed by atoms with Crippen molar-refractivity contribution in [2.75, 3.05) is 0 Å². The van der Waals surface area contributed by atoms with E-state index in [1.54, 1.807) is 0 Å². The van der Waals surface area contributed by atoms with Gasteiger partial charge in [-0.05, 0) is 53.9 Å². The van der Waals surface area contributed by atoms with Crippen LogP contribution >= 0.6 is 23.4 Å². The summed E-state index contributed by atoms with van der Waals surface area (Å²) >= 11 is 7.49. The largest absolute Gasteiger partial charge is 0.338 e. The number of hydrogen-bond donors (Lipinski definition) is 0. The van der Waals surface area contributed by atoms with Crippen LogP contribution in [-0.2, 0) is 18.6 Å². The van der Waals surface area contributed by atoms with Crippen LogP contribution in [0.3, 0.4) is 0 Å². The molecular formula is C26H22ClN5OS. The van der Waals surface area contributed by atoms with Crippen molar-refractivity contribution in [2.24, 2.45) is 0 Å². The van der Waals surface area contributed by atoms with E-state index in [9.17, 15) is 0 Å². The van der Waals surface area contributed by atoms with Crippen molar-refractivity contribution in [3.63, 3.8) is 0 Å². The van der Waals surface area contributed by atoms with E-state index in [1.807, 2.05) is 42.5 Å². The molecule has 0 saturated heterocycles. The second-order valence-corrected chi connectivity index (χ2v) is 9.10. The van der Waals surface area contributed by atoms with Gasteiger partial charge in [0.1, 0.15) is 5.82 Å². The van der Waals surface area contributed by atoms with Gasteiger partial charge < -0.3 is 4.52 Å². The summed E-state index contributed by atoms with van der Waals surface area (Å²) in [4.78, 5) is 4.53. The summed E-state index contributed by atoms with van der Waals surface area (Å²) in [5.74, 6) is 2.42. The molecule has 0 spiro atoms. The molecule has 0 aliphatic rings. The van der Waals surface area contributed by atoms with Gasteiger partial charge in [-0.15, -0.1) is 10.2 Å². The number of benzene rings is 3. The minimum Gasteiger partial charge on any atom is -0.338 e. The molecule has 5 aromatic rings. The van der Waals surface area contributed by atoms with E-state index in [0.29, 0.717) is 28.9 Å². The summed E-state index contributed by atoms with van der Waals surface area (Å²) in [5.41, 5.74) is 4.36. The molecule has 0 N–H and O–H groups in total. The van der Waals surface area contributed by atoms with Crippen LogP contribution in [0.1, 0.15) is 29.8 Å². The molecule has 8 heteroatoms. The first-order valence-electron chi connectivity index (χ1n) is 11.0. The van der Waals surface area contributed by atoms with Gasteiger partial charge in [-0.3, -0.25) is 4.57 Å². The Labute approximate surface area is 207 Å². The van der Waals surface area contributed by atoms with Crippen LogP contribution in [0.2, 0.25) is 5.02 Å². The lowest BCUT2D eigenvalue weighted by atomic mass is 10.1. The van der Waals surface area contributed by atoms with Crippen molar-refractivity contribution >= 4 is 23.4 Å². The Bertz CT molecular complexity index is 1360. The van der Waals surface area contributed by atoms with Crippen molar-refractivity contribution in [1.29, 1.82) is 0 Å². The lowest BCUT2D eigenvalue weighted by molar-refractivity contribution is 0.391. The summed E-state index contributed by atoms with van der Waals surface area (Å²) in [7, 11) is 0. The summed E-state index contributed by atoms with van der Waals surface area (Å²) in [6.07, 6.45) is 1.68. The fourth-order valence-electron chi connectivity index (χ4n) is 3.58. The lowest BCUT2D eigenvalue weighted by Gasteiger charge is -2.11. The molecule has 0 saturated carbocycles. The maximum Gasteiger partial charge on any atom is 0.237 e. The van der Waals surface area contributed by atoms with Gasteiger partial charge in [0.15, 0.2) is 5.16 Å². The highest BCUT2D eigenvalue weighted by atomic mass is 35.5. The molecule has 0 unspecified atom stereocenters. The highest BCUT2D eigenvalue weighted by Gasteiger charge is 2.17. The fourth-order valence-corrected chi connectivity index (χ4v) is 4.52. The number of halogens is 1. The van der Waals surface area contributed by atoms with Crippen molar-refractivity contribution in [3.05, 3.63) is 107 Å². The Kier molecular flexibility index (Phi) is 6.74. The summed E-state index contributed by atoms with van der Waals surface area (Å²) < 4.78 is 7.58. The van der Waals surface area contributed by atoms with Crippen molar-refractivity contribution in [1.82, 2.24) is 24.9 Å². The topological polar surface area (TPSA) is 69.6 Å². The second kappa shape index (κ2) is 10.2. The minimum absolute atomic E-state index is 0.483. The summed E-state index contributed by atoms with van der Waals surface area (Å²) in [5, 5.41) is 14.6. The quantitative estimate of drug-likeness (QED) is 0.235. The fraction of sp³-hybridized carbons (Fsp3) is 0.154. The average molecular weight is 488 g/mol. The SMILES string of the molecule is CCc1ccc(-n2c(Cc3ccccc3)nnc2SCc2nc(-c3ccc(Cl)cc3)no2)cc1. The molecule has 0 fully saturated rings. The Balaban J connectivity index is 1.40. The molecule has 0 aliphatic heterocycles. The minimum atomic E-state index is 0.483. The molecule has 170 valence electrons. The van der Waals surface area contributed by atoms with Gasteiger partial charge in [-0.2, -0.15) is 4.98 Å². The van der Waals surface area contributed by atoms with Crippen molar-refractivity contribution < 1.29 is 4.52 Å². The molecule has 34 heavy (non-hydrogen) atoms. The Morgan fingerprint density at radius 2 is 1.65 bits per heavy atom. The molecule has 0 aliphatic carbocycles. The third-order valence-corrected chi connectivity index (χ3v) is 6.57. The highest BCUT2D eigenvalue weighted by Crippen LogP contribution is 2.27. The Hall–Kier alpha value is -3.42. The van der Waals surface area contributed by atoms with Crippen LogP contribution in [-0.4, -0.2) is 24.9 Å². The van der Waals surface area contributed by atoms with E-state index in [-0.39, 0.29) is 0 Å². The standard InChI is InChI=1S/C26H22ClN5OS/c1-2-18-8-14-22(15-9-18)32-23(16-19-6-4-3-5-7-19)29-30-26(32)34-17-24-28-25(31-33-24)20-10-12-21(27)13-11-20/h3-15H,2,16-17H2,1H3. The van der Waals surface area contributed by atoms with Gasteiger partial charge in [0.25, 0.3) is 0 Å². The monoisotopic (exact) mass is 487 g/mol. The molecule has 0 atom stereocenters. The van der Waals surface area contributed by atoms with E-state index >= 15 is 0 Å². The third kappa shape index (κ3) is 5.05. The van der Waals surface area contributed by atoms with E-state index in [0.717, 1.165) is 28.7 Å². The zero-order valence-electron chi connectivity index (χ0n) is 18.6. The molecule has 0 radical (unpaired) electrons. The van der Waals surface area contributed by atoms with Crippen LogP contribution in [0.25, 0.3) is 17.1 Å². The average Bonchev–Trinajstić information content (AvgIpc) is 3.51. The molecule has 2 heterocycles. The number of aromatic nitrogens is 5. The van der Waals surface area contributed by atoms with Crippen LogP contribution in [0, 0.1) is 0 Å². The lowest BCUT2D eigenvalue weighted by Crippen LogP contribution is -2.04. The first-order chi connectivity index (χ1) is 16.7. The maximum atomic E-state index is 5.97. The number of nitrogens with zero attached hydrogens (tertiary/aromatic N) is 5. The van der Waals surface area contributed by atoms with Gasteiger partial charge in [0.2, 0.25) is 11.7 Å². The number of aryl methyl sites for hydroxylation is 1. The molecule has 5 rings (SSSR count). The van der Waals surface area contributed by atoms with Crippen LogP contribution in [0.15, 0.2) is 88.5 Å². The third-order valence-electron chi connectivity index (χ3n) is 5.40. The van der Waals surface area contributed by atoms with Gasteiger partial charge in [0, 0.05) is 22.7 Å². The Morgan fingerprint density at radius 1 is 0.882 bits per heavy atom. The van der Waals surface area contributed by atoms with Gasteiger partial charge in [-0.1, -0.05) is 77.9 Å². The predicted octanol–water partition coefficient (Wildman–Crippen LogP) is 6.42. The molecule has 6 nitrogen and oxygen atoms in total. The molecular weight excluding hydrogens is 466 g/mol. The van der Waals surface area contributed by atoms with E-state index in [4.69, 9.17) is 16.1 Å². The summed E-state index contributed by atoms with van der Waals surface area (Å²) in [6.45, 7) is 2.15. The maximum absolute atomic E-state index is 5.97. The van der Waals surface area contributed by atoms with E-state index < -0.39 is 0 Å². The zero-order chi connectivity index (χ0) is 23.3. The first-order valence-corrected chi connectivity index (χ1v) is 12.3.